The highest BCUT2D eigenvalue weighted by Gasteiger charge is 2.46. The summed E-state index contributed by atoms with van der Waals surface area (Å²) in [4.78, 5) is 53.7. The van der Waals surface area contributed by atoms with Crippen LogP contribution in [0.4, 0.5) is 4.79 Å². The standard InChI is InChI=1S/C22H29N3O5/c1-22(2,3)30-21(29)23-16-12-13(18(26)24(4)5)10-11-17(16)25-19(27)14-8-6-7-9-15(14)20(25)28/h6-9,13,16-17H,10-12H2,1-5H3,(H,23,29)/t13-,16+,17-/m0/s1. The first-order valence-corrected chi connectivity index (χ1v) is 10.2. The van der Waals surface area contributed by atoms with Crippen molar-refractivity contribution in [2.75, 3.05) is 14.1 Å². The summed E-state index contributed by atoms with van der Waals surface area (Å²) in [6, 6.07) is 5.58. The minimum atomic E-state index is -0.692. The Hall–Kier alpha value is -2.90. The lowest BCUT2D eigenvalue weighted by molar-refractivity contribution is -0.134. The van der Waals surface area contributed by atoms with Crippen LogP contribution in [-0.2, 0) is 9.53 Å². The molecule has 1 heterocycles. The first-order chi connectivity index (χ1) is 14.0. The molecule has 0 unspecified atom stereocenters. The number of benzene rings is 1. The van der Waals surface area contributed by atoms with E-state index in [-0.39, 0.29) is 23.6 Å². The van der Waals surface area contributed by atoms with Crippen molar-refractivity contribution in [3.05, 3.63) is 35.4 Å². The Bertz CT molecular complexity index is 839. The van der Waals surface area contributed by atoms with Gasteiger partial charge in [-0.05, 0) is 52.2 Å². The summed E-state index contributed by atoms with van der Waals surface area (Å²) in [5.41, 5.74) is 0.0397. The zero-order valence-electron chi connectivity index (χ0n) is 18.1. The fraction of sp³-hybridized carbons (Fsp3) is 0.545. The molecular weight excluding hydrogens is 386 g/mol. The fourth-order valence-corrected chi connectivity index (χ4v) is 4.18. The third-order valence-corrected chi connectivity index (χ3v) is 5.46. The highest BCUT2D eigenvalue weighted by atomic mass is 16.6. The van der Waals surface area contributed by atoms with Crippen LogP contribution in [0.3, 0.4) is 0 Å². The van der Waals surface area contributed by atoms with E-state index in [2.05, 4.69) is 5.32 Å². The molecule has 2 aliphatic rings. The van der Waals surface area contributed by atoms with Crippen molar-refractivity contribution in [3.8, 4) is 0 Å². The Morgan fingerprint density at radius 2 is 1.63 bits per heavy atom. The summed E-state index contributed by atoms with van der Waals surface area (Å²) in [6.07, 6.45) is 0.651. The monoisotopic (exact) mass is 415 g/mol. The van der Waals surface area contributed by atoms with Crippen LogP contribution >= 0.6 is 0 Å². The molecule has 0 radical (unpaired) electrons. The minimum absolute atomic E-state index is 0.0354. The van der Waals surface area contributed by atoms with Crippen LogP contribution in [0.15, 0.2) is 24.3 Å². The maximum Gasteiger partial charge on any atom is 0.407 e. The van der Waals surface area contributed by atoms with Crippen molar-refractivity contribution < 1.29 is 23.9 Å². The van der Waals surface area contributed by atoms with Gasteiger partial charge in [-0.1, -0.05) is 12.1 Å². The van der Waals surface area contributed by atoms with Gasteiger partial charge in [0, 0.05) is 20.0 Å². The summed E-state index contributed by atoms with van der Waals surface area (Å²) in [5.74, 6) is -1.07. The molecule has 4 amide bonds. The van der Waals surface area contributed by atoms with Crippen molar-refractivity contribution in [2.45, 2.75) is 57.7 Å². The SMILES string of the molecule is CN(C)C(=O)[C@H]1CC[C@H](N2C(=O)c3ccccc3C2=O)[C@H](NC(=O)OC(C)(C)C)C1. The van der Waals surface area contributed by atoms with Crippen molar-refractivity contribution >= 4 is 23.8 Å². The second kappa shape index (κ2) is 8.08. The first kappa shape index (κ1) is 21.8. The lowest BCUT2D eigenvalue weighted by Crippen LogP contribution is -2.57. The summed E-state index contributed by atoms with van der Waals surface area (Å²) in [6.45, 7) is 5.27. The number of amides is 4. The first-order valence-electron chi connectivity index (χ1n) is 10.2. The van der Waals surface area contributed by atoms with E-state index in [0.717, 1.165) is 0 Å². The van der Waals surface area contributed by atoms with Crippen LogP contribution in [-0.4, -0.2) is 65.4 Å². The molecular formula is C22H29N3O5. The lowest BCUT2D eigenvalue weighted by Gasteiger charge is -2.40. The highest BCUT2D eigenvalue weighted by molar-refractivity contribution is 6.21. The van der Waals surface area contributed by atoms with Gasteiger partial charge in [-0.15, -0.1) is 0 Å². The number of fused-ring (bicyclic) bond motifs is 1. The Morgan fingerprint density at radius 1 is 1.07 bits per heavy atom. The average Bonchev–Trinajstić information content (AvgIpc) is 2.90. The van der Waals surface area contributed by atoms with E-state index in [4.69, 9.17) is 4.74 Å². The zero-order valence-corrected chi connectivity index (χ0v) is 18.1. The van der Waals surface area contributed by atoms with E-state index in [9.17, 15) is 19.2 Å². The van der Waals surface area contributed by atoms with Crippen molar-refractivity contribution in [3.63, 3.8) is 0 Å². The van der Waals surface area contributed by atoms with Gasteiger partial charge in [-0.3, -0.25) is 19.3 Å². The molecule has 8 nitrogen and oxygen atoms in total. The maximum atomic E-state index is 13.0. The molecule has 0 aromatic heterocycles. The molecule has 3 rings (SSSR count). The number of nitrogens with zero attached hydrogens (tertiary/aromatic N) is 2. The molecule has 0 bridgehead atoms. The van der Waals surface area contributed by atoms with Gasteiger partial charge in [-0.25, -0.2) is 4.79 Å². The molecule has 1 N–H and O–H groups in total. The molecule has 1 fully saturated rings. The molecule has 0 spiro atoms. The largest absolute Gasteiger partial charge is 0.444 e. The zero-order chi connectivity index (χ0) is 22.2. The van der Waals surface area contributed by atoms with Gasteiger partial charge in [0.05, 0.1) is 23.2 Å². The normalized spacial score (nSPS) is 23.8. The highest BCUT2D eigenvalue weighted by Crippen LogP contribution is 2.34. The molecule has 30 heavy (non-hydrogen) atoms. The van der Waals surface area contributed by atoms with Gasteiger partial charge in [0.1, 0.15) is 5.60 Å². The molecule has 1 aliphatic carbocycles. The van der Waals surface area contributed by atoms with E-state index in [1.165, 1.54) is 9.80 Å². The van der Waals surface area contributed by atoms with Crippen molar-refractivity contribution in [1.82, 2.24) is 15.1 Å². The number of carbonyl (C=O) groups excluding carboxylic acids is 4. The van der Waals surface area contributed by atoms with Gasteiger partial charge in [-0.2, -0.15) is 0 Å². The second-order valence-corrected chi connectivity index (χ2v) is 9.09. The van der Waals surface area contributed by atoms with E-state index >= 15 is 0 Å². The van der Waals surface area contributed by atoms with Gasteiger partial charge < -0.3 is 15.0 Å². The Morgan fingerprint density at radius 3 is 2.13 bits per heavy atom. The summed E-state index contributed by atoms with van der Waals surface area (Å²) in [5, 5.41) is 2.82. The summed E-state index contributed by atoms with van der Waals surface area (Å²) in [7, 11) is 3.38. The van der Waals surface area contributed by atoms with E-state index in [0.29, 0.717) is 30.4 Å². The van der Waals surface area contributed by atoms with E-state index in [1.54, 1.807) is 59.1 Å². The molecule has 162 valence electrons. The van der Waals surface area contributed by atoms with Gasteiger partial charge in [0.15, 0.2) is 0 Å². The third-order valence-electron chi connectivity index (χ3n) is 5.46. The van der Waals surface area contributed by atoms with E-state index < -0.39 is 23.8 Å². The van der Waals surface area contributed by atoms with Crippen LogP contribution in [0, 0.1) is 5.92 Å². The molecule has 8 heteroatoms. The predicted octanol–water partition coefficient (Wildman–Crippen LogP) is 2.43. The van der Waals surface area contributed by atoms with Crippen molar-refractivity contribution in [1.29, 1.82) is 0 Å². The van der Waals surface area contributed by atoms with Crippen LogP contribution in [0.25, 0.3) is 0 Å². The van der Waals surface area contributed by atoms with Gasteiger partial charge in [0.25, 0.3) is 11.8 Å². The lowest BCUT2D eigenvalue weighted by atomic mass is 9.80. The van der Waals surface area contributed by atoms with Gasteiger partial charge in [0.2, 0.25) is 5.91 Å². The topological polar surface area (TPSA) is 96.0 Å². The fourth-order valence-electron chi connectivity index (χ4n) is 4.18. The third kappa shape index (κ3) is 4.32. The average molecular weight is 415 g/mol. The van der Waals surface area contributed by atoms with Crippen LogP contribution in [0.1, 0.15) is 60.7 Å². The summed E-state index contributed by atoms with van der Waals surface area (Å²) < 4.78 is 5.38. The predicted molar refractivity (Wildman–Crippen MR) is 110 cm³/mol. The van der Waals surface area contributed by atoms with Crippen LogP contribution < -0.4 is 5.32 Å². The van der Waals surface area contributed by atoms with Gasteiger partial charge >= 0.3 is 6.09 Å². The number of carbonyl (C=O) groups is 4. The minimum Gasteiger partial charge on any atom is -0.444 e. The second-order valence-electron chi connectivity index (χ2n) is 9.09. The number of hydrogen-bond donors (Lipinski definition) is 1. The Kier molecular flexibility index (Phi) is 5.87. The van der Waals surface area contributed by atoms with E-state index in [1.807, 2.05) is 0 Å². The molecule has 1 saturated carbocycles. The molecule has 1 aliphatic heterocycles. The number of hydrogen-bond acceptors (Lipinski definition) is 5. The number of alkyl carbamates (subject to hydrolysis) is 1. The number of ether oxygens (including phenoxy) is 1. The maximum absolute atomic E-state index is 13.0. The molecule has 3 atom stereocenters. The Labute approximate surface area is 176 Å². The number of rotatable bonds is 3. The summed E-state index contributed by atoms with van der Waals surface area (Å²) >= 11 is 0. The van der Waals surface area contributed by atoms with Crippen molar-refractivity contribution in [2.24, 2.45) is 5.92 Å². The van der Waals surface area contributed by atoms with Crippen LogP contribution in [0.2, 0.25) is 0 Å². The molecule has 1 aromatic rings. The smallest absolute Gasteiger partial charge is 0.407 e. The quantitative estimate of drug-likeness (QED) is 0.765. The Balaban J connectivity index is 1.86. The van der Waals surface area contributed by atoms with Crippen LogP contribution in [0.5, 0.6) is 0 Å². The molecule has 1 aromatic carbocycles. The number of imide groups is 1. The molecule has 0 saturated heterocycles. The number of nitrogens with one attached hydrogen (secondary N) is 1.